The fourth-order valence-corrected chi connectivity index (χ4v) is 5.14. The van der Waals surface area contributed by atoms with Crippen LogP contribution < -0.4 is 10.5 Å². The maximum Gasteiger partial charge on any atom is 0.274 e. The molecular formula is C21H23N3O4S. The van der Waals surface area contributed by atoms with Crippen LogP contribution in [0.2, 0.25) is 0 Å². The number of aryl methyl sites for hydroxylation is 1. The molecule has 0 unspecified atom stereocenters. The Morgan fingerprint density at radius 3 is 2.69 bits per heavy atom. The van der Waals surface area contributed by atoms with E-state index in [-0.39, 0.29) is 21.6 Å². The van der Waals surface area contributed by atoms with Gasteiger partial charge < -0.3 is 19.2 Å². The third-order valence-corrected chi connectivity index (χ3v) is 7.67. The number of fused-ring (bicyclic) bond motifs is 1. The van der Waals surface area contributed by atoms with Crippen LogP contribution in [0, 0.1) is 5.41 Å². The van der Waals surface area contributed by atoms with Gasteiger partial charge in [0.05, 0.1) is 29.3 Å². The first-order valence-electron chi connectivity index (χ1n) is 11.0. The lowest BCUT2D eigenvalue weighted by Gasteiger charge is -2.56. The maximum absolute atomic E-state index is 12.8. The molecule has 29 heavy (non-hydrogen) atoms. The van der Waals surface area contributed by atoms with Gasteiger partial charge in [0.1, 0.15) is 5.52 Å². The molecule has 0 aliphatic carbocycles. The molecule has 1 aromatic carbocycles. The normalized spacial score (nSPS) is 20.0. The molecule has 2 aromatic heterocycles. The molecular weight excluding hydrogens is 390 g/mol. The number of hydrogen-bond acceptors (Lipinski definition) is 5. The van der Waals surface area contributed by atoms with E-state index < -0.39 is 22.4 Å². The van der Waals surface area contributed by atoms with E-state index in [1.54, 1.807) is 37.4 Å². The zero-order chi connectivity index (χ0) is 22.9. The second-order valence-corrected chi connectivity index (χ2v) is 10.2. The maximum atomic E-state index is 12.8. The van der Waals surface area contributed by atoms with Gasteiger partial charge in [0, 0.05) is 58.8 Å². The van der Waals surface area contributed by atoms with Gasteiger partial charge >= 0.3 is 0 Å². The number of nitrogens with zero attached hydrogens (tertiary/aromatic N) is 2. The summed E-state index contributed by atoms with van der Waals surface area (Å²) in [6.45, 7) is 1.85. The van der Waals surface area contributed by atoms with Crippen LogP contribution in [0.3, 0.4) is 0 Å². The minimum atomic E-state index is -3.49. The smallest absolute Gasteiger partial charge is 0.274 e. The number of H-pyrrole nitrogens is 1. The van der Waals surface area contributed by atoms with Gasteiger partial charge in [-0.3, -0.25) is 4.79 Å². The molecule has 152 valence electrons. The third kappa shape index (κ3) is 2.73. The predicted octanol–water partition coefficient (Wildman–Crippen LogP) is 2.16. The Kier molecular flexibility index (Phi) is 3.27. The Morgan fingerprint density at radius 2 is 2.03 bits per heavy atom. The van der Waals surface area contributed by atoms with E-state index >= 15 is 0 Å². The summed E-state index contributed by atoms with van der Waals surface area (Å²) in [6, 6.07) is 6.66. The van der Waals surface area contributed by atoms with Crippen molar-refractivity contribution in [2.24, 2.45) is 12.4 Å². The molecule has 2 fully saturated rings. The van der Waals surface area contributed by atoms with E-state index in [9.17, 15) is 13.2 Å². The standard InChI is InChI=1S/C21H23N3O4S/c1-3-29(26,27)14-4-5-18(24-10-21(11-24)12-28-13-21)16(8-14)17-9-23(2)20(25)19-15(17)6-7-22-19/h4-9,22H,3,10-13H2,1-2H3/i2D3. The van der Waals surface area contributed by atoms with Crippen LogP contribution in [0.5, 0.6) is 0 Å². The highest BCUT2D eigenvalue weighted by Gasteiger charge is 2.49. The van der Waals surface area contributed by atoms with Crippen molar-refractivity contribution in [3.8, 4) is 11.1 Å². The number of aromatic nitrogens is 2. The Morgan fingerprint density at radius 1 is 1.24 bits per heavy atom. The van der Waals surface area contributed by atoms with Crippen LogP contribution in [-0.2, 0) is 21.5 Å². The van der Waals surface area contributed by atoms with Gasteiger partial charge in [0.25, 0.3) is 5.56 Å². The highest BCUT2D eigenvalue weighted by molar-refractivity contribution is 7.91. The number of hydrogen-bond donors (Lipinski definition) is 1. The van der Waals surface area contributed by atoms with E-state index in [1.807, 2.05) is 0 Å². The molecule has 1 spiro atoms. The van der Waals surface area contributed by atoms with Crippen molar-refractivity contribution in [2.45, 2.75) is 11.8 Å². The Balaban J connectivity index is 1.75. The number of ether oxygens (including phenoxy) is 1. The molecule has 1 N–H and O–H groups in total. The van der Waals surface area contributed by atoms with E-state index in [2.05, 4.69) is 9.88 Å². The number of rotatable bonds is 4. The summed E-state index contributed by atoms with van der Waals surface area (Å²) in [7, 11) is -3.49. The van der Waals surface area contributed by atoms with Crippen LogP contribution in [-0.4, -0.2) is 50.0 Å². The van der Waals surface area contributed by atoms with Crippen LogP contribution in [0.15, 0.2) is 46.3 Å². The van der Waals surface area contributed by atoms with Crippen LogP contribution in [0.25, 0.3) is 22.0 Å². The number of nitrogens with one attached hydrogen (secondary N) is 1. The molecule has 5 rings (SSSR count). The van der Waals surface area contributed by atoms with Gasteiger partial charge in [0.15, 0.2) is 9.84 Å². The molecule has 0 saturated carbocycles. The lowest BCUT2D eigenvalue weighted by molar-refractivity contribution is -0.127. The zero-order valence-corrected chi connectivity index (χ0v) is 16.8. The van der Waals surface area contributed by atoms with Crippen LogP contribution >= 0.6 is 0 Å². The summed E-state index contributed by atoms with van der Waals surface area (Å²) >= 11 is 0. The fraction of sp³-hybridized carbons (Fsp3) is 0.381. The number of benzene rings is 1. The lowest BCUT2D eigenvalue weighted by Crippen LogP contribution is -2.66. The second kappa shape index (κ2) is 6.21. The van der Waals surface area contributed by atoms with E-state index in [0.717, 1.165) is 23.3 Å². The molecule has 0 radical (unpaired) electrons. The molecule has 2 aliphatic rings. The fourth-order valence-electron chi connectivity index (χ4n) is 4.24. The van der Waals surface area contributed by atoms with Gasteiger partial charge in [-0.05, 0) is 24.3 Å². The topological polar surface area (TPSA) is 84.4 Å². The first-order chi connectivity index (χ1) is 15.0. The number of pyridine rings is 1. The average Bonchev–Trinajstić information content (AvgIpc) is 3.16. The Bertz CT molecular complexity index is 1380. The highest BCUT2D eigenvalue weighted by atomic mass is 32.2. The first-order valence-corrected chi connectivity index (χ1v) is 11.1. The Hall–Kier alpha value is -2.58. The van der Waals surface area contributed by atoms with E-state index in [4.69, 9.17) is 8.85 Å². The summed E-state index contributed by atoms with van der Waals surface area (Å²) in [5, 5.41) is 0.546. The van der Waals surface area contributed by atoms with Crippen molar-refractivity contribution >= 4 is 26.4 Å². The summed E-state index contributed by atoms with van der Waals surface area (Å²) < 4.78 is 54.7. The molecule has 0 atom stereocenters. The van der Waals surface area contributed by atoms with Crippen LogP contribution in [0.1, 0.15) is 11.0 Å². The molecule has 3 aromatic rings. The summed E-state index contributed by atoms with van der Waals surface area (Å²) in [4.78, 5) is 17.9. The molecule has 2 aliphatic heterocycles. The van der Waals surface area contributed by atoms with Crippen molar-refractivity contribution in [1.82, 2.24) is 9.55 Å². The van der Waals surface area contributed by atoms with Gasteiger partial charge in [-0.25, -0.2) is 8.42 Å². The highest BCUT2D eigenvalue weighted by Crippen LogP contribution is 2.44. The quantitative estimate of drug-likeness (QED) is 0.705. The number of anilines is 1. The van der Waals surface area contributed by atoms with Crippen LogP contribution in [0.4, 0.5) is 5.69 Å². The van der Waals surface area contributed by atoms with E-state index in [1.165, 1.54) is 6.20 Å². The van der Waals surface area contributed by atoms with Crippen molar-refractivity contribution in [3.05, 3.63) is 47.0 Å². The zero-order valence-electron chi connectivity index (χ0n) is 18.9. The summed E-state index contributed by atoms with van der Waals surface area (Å²) in [5.74, 6) is -0.0513. The largest absolute Gasteiger partial charge is 0.380 e. The second-order valence-electron chi connectivity index (χ2n) is 7.92. The average molecular weight is 417 g/mol. The molecule has 8 heteroatoms. The molecule has 0 amide bonds. The van der Waals surface area contributed by atoms with Crippen molar-refractivity contribution in [1.29, 1.82) is 0 Å². The predicted molar refractivity (Wildman–Crippen MR) is 112 cm³/mol. The minimum absolute atomic E-state index is 0.0513. The van der Waals surface area contributed by atoms with Crippen molar-refractivity contribution in [2.75, 3.05) is 37.0 Å². The summed E-state index contributed by atoms with van der Waals surface area (Å²) in [5.41, 5.74) is 1.52. The van der Waals surface area contributed by atoms with Gasteiger partial charge in [-0.1, -0.05) is 6.92 Å². The SMILES string of the molecule is [2H]C([2H])([2H])n1cc(-c2cc(S(=O)(=O)CC)ccc2N2CC3(COC3)C2)c2cc[nH]c2c1=O. The Labute approximate surface area is 173 Å². The molecule has 0 bridgehead atoms. The first kappa shape index (κ1) is 15.3. The van der Waals surface area contributed by atoms with E-state index in [0.29, 0.717) is 29.7 Å². The van der Waals surface area contributed by atoms with Gasteiger partial charge in [-0.2, -0.15) is 0 Å². The monoisotopic (exact) mass is 416 g/mol. The van der Waals surface area contributed by atoms with Crippen molar-refractivity contribution in [3.63, 3.8) is 0 Å². The number of aromatic amines is 1. The lowest BCUT2D eigenvalue weighted by atomic mass is 9.77. The van der Waals surface area contributed by atoms with Crippen molar-refractivity contribution < 1.29 is 17.3 Å². The summed E-state index contributed by atoms with van der Waals surface area (Å²) in [6.07, 6.45) is 2.89. The number of sulfone groups is 1. The minimum Gasteiger partial charge on any atom is -0.380 e. The van der Waals surface area contributed by atoms with Gasteiger partial charge in [-0.15, -0.1) is 0 Å². The molecule has 4 heterocycles. The van der Waals surface area contributed by atoms with Gasteiger partial charge in [0.2, 0.25) is 0 Å². The molecule has 7 nitrogen and oxygen atoms in total. The third-order valence-electron chi connectivity index (χ3n) is 5.94. The molecule has 2 saturated heterocycles.